The summed E-state index contributed by atoms with van der Waals surface area (Å²) in [6, 6.07) is 5.83. The molecule has 1 aliphatic carbocycles. The number of aryl methyl sites for hydroxylation is 1. The number of rotatable bonds is 7. The topological polar surface area (TPSA) is 85.1 Å². The molecule has 1 N–H and O–H groups in total. The van der Waals surface area contributed by atoms with Crippen LogP contribution < -0.4 is 5.32 Å². The zero-order chi connectivity index (χ0) is 20.4. The van der Waals surface area contributed by atoms with Crippen LogP contribution in [0.25, 0.3) is 10.8 Å². The fourth-order valence-corrected chi connectivity index (χ4v) is 5.96. The zero-order valence-electron chi connectivity index (χ0n) is 16.2. The van der Waals surface area contributed by atoms with Crippen LogP contribution >= 0.6 is 34.4 Å². The number of thioether (sulfide) groups is 1. The maximum Gasteiger partial charge on any atom is 0.277 e. The fourth-order valence-electron chi connectivity index (χ4n) is 3.21. The van der Waals surface area contributed by atoms with Crippen molar-refractivity contribution < 1.29 is 14.0 Å². The number of ketones is 1. The van der Waals surface area contributed by atoms with E-state index in [2.05, 4.69) is 28.5 Å². The van der Waals surface area contributed by atoms with Gasteiger partial charge in [0.1, 0.15) is 0 Å². The summed E-state index contributed by atoms with van der Waals surface area (Å²) in [5.74, 6) is 1.41. The molecule has 0 bridgehead atoms. The Hall–Kier alpha value is -1.97. The molecule has 1 atom stereocenters. The molecule has 1 amide bonds. The van der Waals surface area contributed by atoms with Crippen molar-refractivity contribution in [1.29, 1.82) is 0 Å². The summed E-state index contributed by atoms with van der Waals surface area (Å²) in [7, 11) is 0. The average molecular weight is 448 g/mol. The molecule has 4 rings (SSSR count). The molecule has 0 spiro atoms. The number of nitrogens with zero attached hydrogens (tertiary/aromatic N) is 2. The van der Waals surface area contributed by atoms with Crippen LogP contribution in [0.1, 0.15) is 45.3 Å². The Kier molecular flexibility index (Phi) is 6.17. The van der Waals surface area contributed by atoms with Crippen molar-refractivity contribution >= 4 is 46.1 Å². The number of hydrogen-bond acceptors (Lipinski definition) is 8. The zero-order valence-corrected chi connectivity index (χ0v) is 18.6. The third kappa shape index (κ3) is 4.96. The molecule has 1 aliphatic rings. The highest BCUT2D eigenvalue weighted by Crippen LogP contribution is 2.37. The van der Waals surface area contributed by atoms with Crippen LogP contribution in [0.2, 0.25) is 0 Å². The van der Waals surface area contributed by atoms with Gasteiger partial charge >= 0.3 is 0 Å². The second kappa shape index (κ2) is 8.81. The molecule has 1 unspecified atom stereocenters. The van der Waals surface area contributed by atoms with E-state index < -0.39 is 0 Å². The lowest BCUT2D eigenvalue weighted by molar-refractivity contribution is -0.119. The summed E-state index contributed by atoms with van der Waals surface area (Å²) >= 11 is 4.38. The van der Waals surface area contributed by atoms with E-state index in [4.69, 9.17) is 4.42 Å². The molecule has 0 saturated carbocycles. The van der Waals surface area contributed by atoms with Crippen molar-refractivity contribution in [1.82, 2.24) is 15.5 Å². The largest absolute Gasteiger partial charge is 0.410 e. The molecular weight excluding hydrogens is 426 g/mol. The van der Waals surface area contributed by atoms with Crippen LogP contribution in [-0.4, -0.2) is 27.6 Å². The number of amides is 1. The van der Waals surface area contributed by atoms with Gasteiger partial charge in [-0.1, -0.05) is 18.7 Å². The number of fused-ring (bicyclic) bond motifs is 1. The molecule has 0 radical (unpaired) electrons. The van der Waals surface area contributed by atoms with Gasteiger partial charge in [0, 0.05) is 16.7 Å². The highest BCUT2D eigenvalue weighted by Gasteiger charge is 2.21. The SMILES string of the molecule is CC(=O)NCc1ccc(C(=O)CSc2nnc(-c3cc4c(s3)CCC(C)C4)o2)s1. The first-order valence-corrected chi connectivity index (χ1v) is 12.0. The number of hydrogen-bond donors (Lipinski definition) is 1. The number of nitrogens with one attached hydrogen (secondary N) is 1. The minimum absolute atomic E-state index is 0.00870. The molecule has 152 valence electrons. The fraction of sp³-hybridized carbons (Fsp3) is 0.400. The Morgan fingerprint density at radius 2 is 2.17 bits per heavy atom. The van der Waals surface area contributed by atoms with E-state index in [0.29, 0.717) is 22.5 Å². The standard InChI is InChI=1S/C20H21N3O3S3/c1-11-3-5-16-13(7-11)8-18(29-16)19-22-23-20(26-19)27-10-15(25)17-6-4-14(28-17)9-21-12(2)24/h4,6,8,11H,3,5,7,9-10H2,1-2H3,(H,21,24). The van der Waals surface area contributed by atoms with Crippen molar-refractivity contribution in [3.8, 4) is 10.8 Å². The molecule has 3 heterocycles. The summed E-state index contributed by atoms with van der Waals surface area (Å²) in [5, 5.41) is 11.4. The average Bonchev–Trinajstić information content (AvgIpc) is 3.42. The highest BCUT2D eigenvalue weighted by molar-refractivity contribution is 7.99. The first kappa shape index (κ1) is 20.3. The smallest absolute Gasteiger partial charge is 0.277 e. The Morgan fingerprint density at radius 1 is 1.31 bits per heavy atom. The van der Waals surface area contributed by atoms with Gasteiger partial charge in [-0.25, -0.2) is 0 Å². The van der Waals surface area contributed by atoms with E-state index in [0.717, 1.165) is 28.5 Å². The second-order valence-electron chi connectivity index (χ2n) is 7.17. The van der Waals surface area contributed by atoms with Gasteiger partial charge in [0.05, 0.1) is 22.1 Å². The lowest BCUT2D eigenvalue weighted by atomic mass is 9.90. The minimum Gasteiger partial charge on any atom is -0.410 e. The number of carbonyl (C=O) groups excluding carboxylic acids is 2. The lowest BCUT2D eigenvalue weighted by Crippen LogP contribution is -2.18. The highest BCUT2D eigenvalue weighted by atomic mass is 32.2. The molecule has 3 aromatic heterocycles. The first-order valence-electron chi connectivity index (χ1n) is 9.42. The van der Waals surface area contributed by atoms with E-state index >= 15 is 0 Å². The van der Waals surface area contributed by atoms with E-state index in [1.165, 1.54) is 46.9 Å². The van der Waals surface area contributed by atoms with E-state index in [9.17, 15) is 9.59 Å². The number of thiophene rings is 2. The van der Waals surface area contributed by atoms with Crippen molar-refractivity contribution in [2.24, 2.45) is 5.92 Å². The summed E-state index contributed by atoms with van der Waals surface area (Å²) in [6.45, 7) is 4.20. The summed E-state index contributed by atoms with van der Waals surface area (Å²) in [5.41, 5.74) is 1.40. The van der Waals surface area contributed by atoms with Crippen molar-refractivity contribution in [2.75, 3.05) is 5.75 Å². The van der Waals surface area contributed by atoms with Gasteiger partial charge in [-0.2, -0.15) is 0 Å². The molecule has 0 saturated heterocycles. The summed E-state index contributed by atoms with van der Waals surface area (Å²) in [4.78, 5) is 27.5. The van der Waals surface area contributed by atoms with Crippen molar-refractivity contribution in [3.05, 3.63) is 38.4 Å². The molecule has 6 nitrogen and oxygen atoms in total. The first-order chi connectivity index (χ1) is 14.0. The molecule has 0 aliphatic heterocycles. The van der Waals surface area contributed by atoms with E-state index in [1.54, 1.807) is 17.4 Å². The number of aromatic nitrogens is 2. The number of carbonyl (C=O) groups is 2. The Morgan fingerprint density at radius 3 is 3.00 bits per heavy atom. The van der Waals surface area contributed by atoms with Crippen LogP contribution in [0.5, 0.6) is 0 Å². The lowest BCUT2D eigenvalue weighted by Gasteiger charge is -2.16. The normalized spacial score (nSPS) is 15.9. The van der Waals surface area contributed by atoms with Crippen LogP contribution in [0.4, 0.5) is 0 Å². The van der Waals surface area contributed by atoms with Gasteiger partial charge in [-0.05, 0) is 48.9 Å². The van der Waals surface area contributed by atoms with Gasteiger partial charge in [0.25, 0.3) is 11.1 Å². The predicted molar refractivity (Wildman–Crippen MR) is 116 cm³/mol. The van der Waals surface area contributed by atoms with E-state index in [-0.39, 0.29) is 17.4 Å². The van der Waals surface area contributed by atoms with Crippen LogP contribution in [0, 0.1) is 5.92 Å². The summed E-state index contributed by atoms with van der Waals surface area (Å²) in [6.07, 6.45) is 3.46. The maximum atomic E-state index is 12.4. The summed E-state index contributed by atoms with van der Waals surface area (Å²) < 4.78 is 5.79. The predicted octanol–water partition coefficient (Wildman–Crippen LogP) is 4.60. The second-order valence-corrected chi connectivity index (χ2v) is 10.4. The molecule has 29 heavy (non-hydrogen) atoms. The van der Waals surface area contributed by atoms with Gasteiger partial charge < -0.3 is 9.73 Å². The van der Waals surface area contributed by atoms with Gasteiger partial charge in [-0.3, -0.25) is 9.59 Å². The Balaban J connectivity index is 1.35. The third-order valence-electron chi connectivity index (χ3n) is 4.72. The van der Waals surface area contributed by atoms with Gasteiger partial charge in [0.15, 0.2) is 5.78 Å². The third-order valence-corrected chi connectivity index (χ3v) is 7.89. The van der Waals surface area contributed by atoms with Crippen LogP contribution in [-0.2, 0) is 24.2 Å². The molecule has 3 aromatic rings. The Labute approximate surface area is 181 Å². The monoisotopic (exact) mass is 447 g/mol. The van der Waals surface area contributed by atoms with E-state index in [1.807, 2.05) is 6.07 Å². The molecular formula is C20H21N3O3S3. The minimum atomic E-state index is -0.0878. The maximum absolute atomic E-state index is 12.4. The van der Waals surface area contributed by atoms with Crippen molar-refractivity contribution in [3.63, 3.8) is 0 Å². The Bertz CT molecular complexity index is 1040. The van der Waals surface area contributed by atoms with Gasteiger partial charge in [0.2, 0.25) is 5.91 Å². The molecule has 0 aromatic carbocycles. The van der Waals surface area contributed by atoms with Crippen LogP contribution in [0.3, 0.4) is 0 Å². The number of Topliss-reactive ketones (excluding diaryl/α,β-unsaturated/α-hetero) is 1. The van der Waals surface area contributed by atoms with Crippen molar-refractivity contribution in [2.45, 2.75) is 44.9 Å². The molecule has 0 fully saturated rings. The quantitative estimate of drug-likeness (QED) is 0.421. The van der Waals surface area contributed by atoms with Gasteiger partial charge in [-0.15, -0.1) is 32.9 Å². The molecule has 9 heteroatoms. The van der Waals surface area contributed by atoms with Crippen LogP contribution in [0.15, 0.2) is 27.8 Å².